The maximum Gasteiger partial charge on any atom is 0.180 e. The summed E-state index contributed by atoms with van der Waals surface area (Å²) in [6.45, 7) is 2.05. The fourth-order valence-electron chi connectivity index (χ4n) is 1.69. The predicted octanol–water partition coefficient (Wildman–Crippen LogP) is -0.422. The molecular weight excluding hydrogens is 318 g/mol. The van der Waals surface area contributed by atoms with Gasteiger partial charge in [0.05, 0.1) is 0 Å². The average molecular weight is 342 g/mol. The van der Waals surface area contributed by atoms with Gasteiger partial charge in [-0.25, -0.2) is 10.9 Å². The van der Waals surface area contributed by atoms with Gasteiger partial charge in [0.1, 0.15) is 0 Å². The lowest BCUT2D eigenvalue weighted by atomic mass is 10.0. The molecule has 7 nitrogen and oxygen atoms in total. The van der Waals surface area contributed by atoms with E-state index in [0.717, 1.165) is 6.42 Å². The van der Waals surface area contributed by atoms with Crippen molar-refractivity contribution in [3.05, 3.63) is 30.1 Å². The van der Waals surface area contributed by atoms with Crippen molar-refractivity contribution in [2.75, 3.05) is 14.1 Å². The minimum absolute atomic E-state index is 0.0702. The number of nitrogens with zero attached hydrogens (tertiary/aromatic N) is 1. The molecule has 22 heavy (non-hydrogen) atoms. The Bertz CT molecular complexity index is 469. The smallest absolute Gasteiger partial charge is 0.180 e. The molecule has 6 N–H and O–H groups in total. The average Bonchev–Trinajstić information content (AvgIpc) is 2.56. The van der Waals surface area contributed by atoms with E-state index in [2.05, 4.69) is 37.3 Å². The predicted molar refractivity (Wildman–Crippen MR) is 97.0 cm³/mol. The highest BCUT2D eigenvalue weighted by atomic mass is 32.1. The first-order chi connectivity index (χ1) is 10.6. The first kappa shape index (κ1) is 18.5. The van der Waals surface area contributed by atoms with E-state index in [4.69, 9.17) is 24.4 Å². The van der Waals surface area contributed by atoms with Crippen LogP contribution in [0.15, 0.2) is 24.5 Å². The van der Waals surface area contributed by atoms with Crippen LogP contribution in [0.5, 0.6) is 0 Å². The van der Waals surface area contributed by atoms with Crippen LogP contribution >= 0.6 is 24.4 Å². The molecule has 0 bridgehead atoms. The minimum Gasteiger partial charge on any atom is -0.365 e. The molecular formula is C13H23N7S2. The van der Waals surface area contributed by atoms with Crippen molar-refractivity contribution < 1.29 is 0 Å². The van der Waals surface area contributed by atoms with Gasteiger partial charge in [-0.15, -0.1) is 0 Å². The Hall–Kier alpha value is -1.55. The third kappa shape index (κ3) is 6.94. The Morgan fingerprint density at radius 2 is 1.59 bits per heavy atom. The van der Waals surface area contributed by atoms with Gasteiger partial charge in [-0.05, 0) is 55.5 Å². The van der Waals surface area contributed by atoms with Crippen molar-refractivity contribution >= 4 is 34.7 Å². The van der Waals surface area contributed by atoms with E-state index >= 15 is 0 Å². The van der Waals surface area contributed by atoms with Gasteiger partial charge >= 0.3 is 0 Å². The maximum atomic E-state index is 5.09. The zero-order chi connectivity index (χ0) is 16.4. The van der Waals surface area contributed by atoms with E-state index in [1.54, 1.807) is 26.5 Å². The summed E-state index contributed by atoms with van der Waals surface area (Å²) in [6, 6.07) is 4.12. The molecule has 0 saturated carbocycles. The largest absolute Gasteiger partial charge is 0.365 e. The van der Waals surface area contributed by atoms with Gasteiger partial charge in [0.2, 0.25) is 0 Å². The molecule has 0 fully saturated rings. The van der Waals surface area contributed by atoms with Gasteiger partial charge in [-0.3, -0.25) is 15.8 Å². The van der Waals surface area contributed by atoms with Crippen LogP contribution in [0.2, 0.25) is 0 Å². The first-order valence-corrected chi connectivity index (χ1v) is 7.73. The van der Waals surface area contributed by atoms with Crippen molar-refractivity contribution in [1.29, 1.82) is 0 Å². The number of hydrazine groups is 2. The molecule has 0 aromatic carbocycles. The van der Waals surface area contributed by atoms with Crippen LogP contribution in [-0.4, -0.2) is 41.4 Å². The number of aromatic nitrogens is 1. The van der Waals surface area contributed by atoms with Gasteiger partial charge in [0.15, 0.2) is 10.2 Å². The fraction of sp³-hybridized carbons (Fsp3) is 0.462. The molecule has 0 saturated heterocycles. The second-order valence-corrected chi connectivity index (χ2v) is 5.47. The lowest BCUT2D eigenvalue weighted by Gasteiger charge is -2.27. The normalized spacial score (nSPS) is 12.9. The maximum absolute atomic E-state index is 5.09. The van der Waals surface area contributed by atoms with Gasteiger partial charge in [0.25, 0.3) is 0 Å². The molecule has 1 rings (SSSR count). The van der Waals surface area contributed by atoms with Gasteiger partial charge in [-0.1, -0.05) is 0 Å². The Morgan fingerprint density at radius 3 is 2.14 bits per heavy atom. The molecule has 0 radical (unpaired) electrons. The van der Waals surface area contributed by atoms with Crippen LogP contribution in [0.4, 0.5) is 0 Å². The first-order valence-electron chi connectivity index (χ1n) is 6.92. The lowest BCUT2D eigenvalue weighted by Crippen LogP contribution is -2.59. The summed E-state index contributed by atoms with van der Waals surface area (Å²) in [5, 5.41) is 6.78. The van der Waals surface area contributed by atoms with Crippen LogP contribution in [-0.2, 0) is 6.42 Å². The summed E-state index contributed by atoms with van der Waals surface area (Å²) in [5.41, 5.74) is 13.5. The highest BCUT2D eigenvalue weighted by Crippen LogP contribution is 2.04. The van der Waals surface area contributed by atoms with Crippen LogP contribution in [0.1, 0.15) is 12.5 Å². The van der Waals surface area contributed by atoms with E-state index < -0.39 is 0 Å². The number of rotatable bonds is 7. The summed E-state index contributed by atoms with van der Waals surface area (Å²) < 4.78 is 0. The van der Waals surface area contributed by atoms with E-state index in [0.29, 0.717) is 10.2 Å². The molecule has 1 aromatic heterocycles. The highest BCUT2D eigenvalue weighted by molar-refractivity contribution is 7.80. The molecule has 1 aromatic rings. The summed E-state index contributed by atoms with van der Waals surface area (Å²) >= 11 is 10.1. The van der Waals surface area contributed by atoms with Crippen molar-refractivity contribution in [2.24, 2.45) is 0 Å². The van der Waals surface area contributed by atoms with E-state index in [9.17, 15) is 0 Å². The quantitative estimate of drug-likeness (QED) is 0.292. The molecule has 0 aliphatic heterocycles. The monoisotopic (exact) mass is 341 g/mol. The topological polar surface area (TPSA) is 85.1 Å². The minimum atomic E-state index is 0.0702. The second kappa shape index (κ2) is 10.2. The Labute approximate surface area is 142 Å². The molecule has 0 aliphatic rings. The third-order valence-corrected chi connectivity index (χ3v) is 3.66. The molecule has 0 aliphatic carbocycles. The summed E-state index contributed by atoms with van der Waals surface area (Å²) in [7, 11) is 3.53. The molecule has 1 heterocycles. The molecule has 0 amide bonds. The van der Waals surface area contributed by atoms with Crippen molar-refractivity contribution in [2.45, 2.75) is 25.4 Å². The highest BCUT2D eigenvalue weighted by Gasteiger charge is 2.18. The van der Waals surface area contributed by atoms with E-state index in [1.165, 1.54) is 5.56 Å². The number of thiocarbonyl (C=S) groups is 2. The summed E-state index contributed by atoms with van der Waals surface area (Å²) in [4.78, 5) is 4.04. The number of pyridine rings is 1. The standard InChI is InChI=1S/C13H23N7S2/c1-9(17-19-12(21)14-2)11(18-20-13(22)15-3)8-10-4-6-16-7-5-10/h4-7,9,11,17-18H,8H2,1-3H3,(H2,14,19,21)(H2,15,20,22). The number of nitrogens with one attached hydrogen (secondary N) is 6. The molecule has 0 spiro atoms. The lowest BCUT2D eigenvalue weighted by molar-refractivity contribution is 0.359. The number of hydrogen-bond acceptors (Lipinski definition) is 5. The SMILES string of the molecule is CNC(=S)NNC(C)C(Cc1ccncc1)NNC(=S)NC. The van der Waals surface area contributed by atoms with Crippen LogP contribution in [0.25, 0.3) is 0 Å². The van der Waals surface area contributed by atoms with Gasteiger partial charge < -0.3 is 10.6 Å². The van der Waals surface area contributed by atoms with Crippen LogP contribution in [0.3, 0.4) is 0 Å². The Balaban J connectivity index is 2.63. The van der Waals surface area contributed by atoms with Crippen molar-refractivity contribution in [3.63, 3.8) is 0 Å². The fourth-order valence-corrected chi connectivity index (χ4v) is 1.81. The molecule has 2 atom stereocenters. The zero-order valence-corrected chi connectivity index (χ0v) is 14.6. The molecule has 122 valence electrons. The van der Waals surface area contributed by atoms with Crippen LogP contribution < -0.4 is 32.3 Å². The third-order valence-electron chi connectivity index (χ3n) is 3.05. The molecule has 2 unspecified atom stereocenters. The van der Waals surface area contributed by atoms with Crippen LogP contribution in [0, 0.1) is 0 Å². The van der Waals surface area contributed by atoms with Gasteiger partial charge in [-0.2, -0.15) is 0 Å². The van der Waals surface area contributed by atoms with E-state index in [1.807, 2.05) is 19.1 Å². The zero-order valence-electron chi connectivity index (χ0n) is 12.9. The Kier molecular flexibility index (Phi) is 8.60. The van der Waals surface area contributed by atoms with Gasteiger partial charge in [0, 0.05) is 38.6 Å². The van der Waals surface area contributed by atoms with Crippen molar-refractivity contribution in [3.8, 4) is 0 Å². The number of hydrogen-bond donors (Lipinski definition) is 6. The Morgan fingerprint density at radius 1 is 1.05 bits per heavy atom. The summed E-state index contributed by atoms with van der Waals surface area (Å²) in [6.07, 6.45) is 4.36. The second-order valence-electron chi connectivity index (χ2n) is 4.65. The van der Waals surface area contributed by atoms with E-state index in [-0.39, 0.29) is 12.1 Å². The summed E-state index contributed by atoms with van der Waals surface area (Å²) in [5.74, 6) is 0. The van der Waals surface area contributed by atoms with Crippen molar-refractivity contribution in [1.82, 2.24) is 37.3 Å². The molecule has 9 heteroatoms.